The Morgan fingerprint density at radius 2 is 2.47 bits per heavy atom. The fourth-order valence-corrected chi connectivity index (χ4v) is 3.52. The van der Waals surface area contributed by atoms with Crippen molar-refractivity contribution in [1.29, 1.82) is 0 Å². The van der Waals surface area contributed by atoms with Crippen molar-refractivity contribution >= 4 is 17.7 Å². The summed E-state index contributed by atoms with van der Waals surface area (Å²) in [6.07, 6.45) is 4.52. The summed E-state index contributed by atoms with van der Waals surface area (Å²) in [5.74, 6) is 2.74. The summed E-state index contributed by atoms with van der Waals surface area (Å²) in [5, 5.41) is 3.32. The molecule has 0 bridgehead atoms. The molecular formula is C11H20N2OS. The maximum absolute atomic E-state index is 12.0. The standard InChI is InChI=1S/C11H20N2OS/c1-2-4-10-11(14)13(8-12-10)9-5-3-6-15-7-9/h9-10,12H,2-8H2,1H3. The van der Waals surface area contributed by atoms with E-state index in [0.717, 1.165) is 25.3 Å². The van der Waals surface area contributed by atoms with Crippen molar-refractivity contribution < 1.29 is 4.79 Å². The first kappa shape index (κ1) is 11.3. The second-order valence-corrected chi connectivity index (χ2v) is 5.53. The average Bonchev–Trinajstić information content (AvgIpc) is 2.63. The summed E-state index contributed by atoms with van der Waals surface area (Å²) in [6.45, 7) is 2.91. The van der Waals surface area contributed by atoms with Crippen LogP contribution >= 0.6 is 11.8 Å². The Morgan fingerprint density at radius 1 is 1.60 bits per heavy atom. The Bertz CT molecular complexity index is 229. The van der Waals surface area contributed by atoms with Crippen LogP contribution in [-0.4, -0.2) is 41.1 Å². The molecule has 15 heavy (non-hydrogen) atoms. The van der Waals surface area contributed by atoms with E-state index in [1.165, 1.54) is 18.6 Å². The van der Waals surface area contributed by atoms with E-state index in [4.69, 9.17) is 0 Å². The van der Waals surface area contributed by atoms with E-state index in [9.17, 15) is 4.79 Å². The summed E-state index contributed by atoms with van der Waals surface area (Å²) < 4.78 is 0. The number of amides is 1. The Hall–Kier alpha value is -0.220. The fraction of sp³-hybridized carbons (Fsp3) is 0.909. The van der Waals surface area contributed by atoms with E-state index in [0.29, 0.717) is 11.9 Å². The Morgan fingerprint density at radius 3 is 3.13 bits per heavy atom. The van der Waals surface area contributed by atoms with Gasteiger partial charge in [-0.15, -0.1) is 0 Å². The zero-order valence-corrected chi connectivity index (χ0v) is 10.2. The van der Waals surface area contributed by atoms with Crippen molar-refractivity contribution in [2.45, 2.75) is 44.7 Å². The number of rotatable bonds is 3. The number of hydrogen-bond donors (Lipinski definition) is 1. The normalized spacial score (nSPS) is 32.3. The second-order valence-electron chi connectivity index (χ2n) is 4.38. The summed E-state index contributed by atoms with van der Waals surface area (Å²) >= 11 is 1.98. The van der Waals surface area contributed by atoms with Gasteiger partial charge in [0.1, 0.15) is 0 Å². The number of carbonyl (C=O) groups excluding carboxylic acids is 1. The van der Waals surface area contributed by atoms with Gasteiger partial charge in [0.05, 0.1) is 12.7 Å². The predicted molar refractivity (Wildman–Crippen MR) is 63.9 cm³/mol. The lowest BCUT2D eigenvalue weighted by atomic mass is 10.1. The third-order valence-electron chi connectivity index (χ3n) is 3.24. The van der Waals surface area contributed by atoms with E-state index in [1.54, 1.807) is 0 Å². The molecule has 2 heterocycles. The highest BCUT2D eigenvalue weighted by molar-refractivity contribution is 7.99. The van der Waals surface area contributed by atoms with Gasteiger partial charge in [0.15, 0.2) is 0 Å². The predicted octanol–water partition coefficient (Wildman–Crippen LogP) is 1.44. The first-order valence-electron chi connectivity index (χ1n) is 5.94. The topological polar surface area (TPSA) is 32.3 Å². The van der Waals surface area contributed by atoms with Crippen molar-refractivity contribution in [2.24, 2.45) is 0 Å². The van der Waals surface area contributed by atoms with Gasteiger partial charge in [-0.25, -0.2) is 0 Å². The molecule has 2 saturated heterocycles. The van der Waals surface area contributed by atoms with E-state index < -0.39 is 0 Å². The molecule has 2 aliphatic rings. The van der Waals surface area contributed by atoms with Crippen LogP contribution in [0.5, 0.6) is 0 Å². The maximum atomic E-state index is 12.0. The van der Waals surface area contributed by atoms with Gasteiger partial charge < -0.3 is 4.90 Å². The number of thioether (sulfide) groups is 1. The first-order valence-corrected chi connectivity index (χ1v) is 7.10. The van der Waals surface area contributed by atoms with Crippen LogP contribution in [0.4, 0.5) is 0 Å². The molecule has 2 fully saturated rings. The summed E-state index contributed by atoms with van der Waals surface area (Å²) in [4.78, 5) is 14.1. The molecule has 0 aromatic rings. The third kappa shape index (κ3) is 2.48. The molecule has 2 aliphatic heterocycles. The lowest BCUT2D eigenvalue weighted by Gasteiger charge is -2.30. The zero-order valence-electron chi connectivity index (χ0n) is 9.37. The van der Waals surface area contributed by atoms with E-state index in [-0.39, 0.29) is 6.04 Å². The molecule has 2 rings (SSSR count). The molecule has 1 amide bonds. The van der Waals surface area contributed by atoms with E-state index in [1.807, 2.05) is 11.8 Å². The average molecular weight is 228 g/mol. The van der Waals surface area contributed by atoms with Crippen LogP contribution in [0.1, 0.15) is 32.6 Å². The van der Waals surface area contributed by atoms with Crippen LogP contribution in [0.15, 0.2) is 0 Å². The van der Waals surface area contributed by atoms with Gasteiger partial charge in [-0.05, 0) is 25.0 Å². The highest BCUT2D eigenvalue weighted by Gasteiger charge is 2.35. The molecule has 0 saturated carbocycles. The van der Waals surface area contributed by atoms with Gasteiger partial charge in [-0.1, -0.05) is 13.3 Å². The van der Waals surface area contributed by atoms with Crippen molar-refractivity contribution in [3.63, 3.8) is 0 Å². The summed E-state index contributed by atoms with van der Waals surface area (Å²) in [6, 6.07) is 0.590. The molecule has 0 aromatic heterocycles. The quantitative estimate of drug-likeness (QED) is 0.793. The minimum absolute atomic E-state index is 0.0990. The second kappa shape index (κ2) is 5.21. The highest BCUT2D eigenvalue weighted by Crippen LogP contribution is 2.24. The molecule has 86 valence electrons. The van der Waals surface area contributed by atoms with Crippen LogP contribution < -0.4 is 5.32 Å². The van der Waals surface area contributed by atoms with Gasteiger partial charge >= 0.3 is 0 Å². The Kier molecular flexibility index (Phi) is 3.92. The lowest BCUT2D eigenvalue weighted by molar-refractivity contribution is -0.130. The molecule has 0 aromatic carbocycles. The van der Waals surface area contributed by atoms with Gasteiger partial charge in [0.2, 0.25) is 5.91 Å². The maximum Gasteiger partial charge on any atom is 0.241 e. The van der Waals surface area contributed by atoms with Crippen molar-refractivity contribution in [2.75, 3.05) is 18.2 Å². The fourth-order valence-electron chi connectivity index (χ4n) is 2.37. The molecule has 0 aliphatic carbocycles. The Labute approximate surface area is 96.0 Å². The van der Waals surface area contributed by atoms with Gasteiger partial charge in [0.25, 0.3) is 0 Å². The van der Waals surface area contributed by atoms with Gasteiger partial charge in [-0.3, -0.25) is 10.1 Å². The highest BCUT2D eigenvalue weighted by atomic mass is 32.2. The molecule has 2 unspecified atom stereocenters. The lowest BCUT2D eigenvalue weighted by Crippen LogP contribution is -2.41. The van der Waals surface area contributed by atoms with Crippen molar-refractivity contribution in [1.82, 2.24) is 10.2 Å². The minimum Gasteiger partial charge on any atom is -0.325 e. The van der Waals surface area contributed by atoms with Crippen molar-refractivity contribution in [3.8, 4) is 0 Å². The Balaban J connectivity index is 1.90. The van der Waals surface area contributed by atoms with Crippen LogP contribution in [0.3, 0.4) is 0 Å². The number of nitrogens with one attached hydrogen (secondary N) is 1. The number of nitrogens with zero attached hydrogens (tertiary/aromatic N) is 1. The summed E-state index contributed by atoms with van der Waals surface area (Å²) in [7, 11) is 0. The molecular weight excluding hydrogens is 208 g/mol. The third-order valence-corrected chi connectivity index (χ3v) is 4.44. The van der Waals surface area contributed by atoms with Crippen LogP contribution in [0.25, 0.3) is 0 Å². The monoisotopic (exact) mass is 228 g/mol. The van der Waals surface area contributed by atoms with E-state index in [2.05, 4.69) is 17.1 Å². The molecule has 0 radical (unpaired) electrons. The van der Waals surface area contributed by atoms with Crippen molar-refractivity contribution in [3.05, 3.63) is 0 Å². The van der Waals surface area contributed by atoms with Gasteiger partial charge in [0, 0.05) is 11.8 Å². The smallest absolute Gasteiger partial charge is 0.241 e. The van der Waals surface area contributed by atoms with Crippen LogP contribution in [0.2, 0.25) is 0 Å². The number of hydrogen-bond acceptors (Lipinski definition) is 3. The molecule has 2 atom stereocenters. The van der Waals surface area contributed by atoms with Crippen LogP contribution in [-0.2, 0) is 4.79 Å². The summed E-state index contributed by atoms with van der Waals surface area (Å²) in [5.41, 5.74) is 0. The zero-order chi connectivity index (χ0) is 10.7. The van der Waals surface area contributed by atoms with Gasteiger partial charge in [-0.2, -0.15) is 11.8 Å². The van der Waals surface area contributed by atoms with Crippen LogP contribution in [0, 0.1) is 0 Å². The first-order chi connectivity index (χ1) is 7.33. The molecule has 1 N–H and O–H groups in total. The molecule has 4 heteroatoms. The molecule has 0 spiro atoms. The minimum atomic E-state index is 0.0990. The SMILES string of the molecule is CCCC1NCN(C2CCCSC2)C1=O. The number of carbonyl (C=O) groups is 1. The molecule has 3 nitrogen and oxygen atoms in total. The largest absolute Gasteiger partial charge is 0.325 e. The van der Waals surface area contributed by atoms with E-state index >= 15 is 0 Å².